The predicted octanol–water partition coefficient (Wildman–Crippen LogP) is 1.15. The number of piperidine rings is 1. The van der Waals surface area contributed by atoms with Crippen molar-refractivity contribution < 1.29 is 23.5 Å². The Kier molecular flexibility index (Phi) is 4.52. The van der Waals surface area contributed by atoms with Crippen LogP contribution in [0.5, 0.6) is 0 Å². The van der Waals surface area contributed by atoms with Gasteiger partial charge in [-0.3, -0.25) is 14.5 Å². The summed E-state index contributed by atoms with van der Waals surface area (Å²) in [6, 6.07) is 1.68. The van der Waals surface area contributed by atoms with Crippen molar-refractivity contribution in [2.24, 2.45) is 5.41 Å². The number of cyclic esters (lactones) is 1. The van der Waals surface area contributed by atoms with Crippen LogP contribution < -0.4 is 0 Å². The first kappa shape index (κ1) is 16.6. The van der Waals surface area contributed by atoms with E-state index in [2.05, 4.69) is 4.90 Å². The van der Waals surface area contributed by atoms with Crippen LogP contribution >= 0.6 is 0 Å². The summed E-state index contributed by atoms with van der Waals surface area (Å²) in [6.45, 7) is 5.25. The largest absolute Gasteiger partial charge is 0.472 e. The number of morpholine rings is 1. The van der Waals surface area contributed by atoms with Crippen LogP contribution in [-0.2, 0) is 14.3 Å². The molecule has 4 heterocycles. The summed E-state index contributed by atoms with van der Waals surface area (Å²) in [4.78, 5) is 29.0. The lowest BCUT2D eigenvalue weighted by atomic mass is 9.76. The Bertz CT molecular complexity index is 615. The molecule has 4 rings (SSSR count). The average molecular weight is 348 g/mol. The van der Waals surface area contributed by atoms with Crippen LogP contribution in [0.2, 0.25) is 0 Å². The van der Waals surface area contributed by atoms with Crippen LogP contribution in [0.4, 0.5) is 0 Å². The second-order valence-electron chi connectivity index (χ2n) is 7.23. The molecule has 7 heteroatoms. The third-order valence-corrected chi connectivity index (χ3v) is 5.67. The van der Waals surface area contributed by atoms with Gasteiger partial charge in [-0.2, -0.15) is 0 Å². The summed E-state index contributed by atoms with van der Waals surface area (Å²) in [5.41, 5.74) is 0.152. The monoisotopic (exact) mass is 348 g/mol. The molecule has 1 aromatic rings. The fraction of sp³-hybridized carbons (Fsp3) is 0.667. The van der Waals surface area contributed by atoms with Gasteiger partial charge in [0.2, 0.25) is 0 Å². The minimum Gasteiger partial charge on any atom is -0.472 e. The first-order valence-corrected chi connectivity index (χ1v) is 8.99. The number of ether oxygens (including phenoxy) is 2. The van der Waals surface area contributed by atoms with Crippen molar-refractivity contribution in [1.82, 2.24) is 9.80 Å². The predicted molar refractivity (Wildman–Crippen MR) is 88.0 cm³/mol. The molecule has 0 radical (unpaired) electrons. The number of furan rings is 1. The molecule has 0 bridgehead atoms. The van der Waals surface area contributed by atoms with Crippen LogP contribution in [-0.4, -0.2) is 73.7 Å². The molecule has 25 heavy (non-hydrogen) atoms. The maximum atomic E-state index is 12.5. The molecule has 3 aliphatic heterocycles. The van der Waals surface area contributed by atoms with Crippen molar-refractivity contribution in [3.8, 4) is 0 Å². The third-order valence-electron chi connectivity index (χ3n) is 5.67. The van der Waals surface area contributed by atoms with Gasteiger partial charge in [0.05, 0.1) is 30.5 Å². The second-order valence-corrected chi connectivity index (χ2v) is 7.23. The minimum atomic E-state index is -0.413. The molecule has 3 saturated heterocycles. The molecule has 3 aliphatic rings. The summed E-state index contributed by atoms with van der Waals surface area (Å²) in [7, 11) is 0. The lowest BCUT2D eigenvalue weighted by molar-refractivity contribution is -0.151. The van der Waals surface area contributed by atoms with Crippen LogP contribution in [0.15, 0.2) is 23.0 Å². The Hall–Kier alpha value is -1.86. The SMILES string of the molecule is O=C(c1ccoc1)N1CCC2(CC1)CC(CN1CCOCC1)OC2=O. The van der Waals surface area contributed by atoms with Gasteiger partial charge >= 0.3 is 5.97 Å². The van der Waals surface area contributed by atoms with E-state index in [0.29, 0.717) is 31.5 Å². The number of esters is 1. The van der Waals surface area contributed by atoms with E-state index in [1.165, 1.54) is 12.5 Å². The molecule has 1 aromatic heterocycles. The molecule has 0 aliphatic carbocycles. The highest BCUT2D eigenvalue weighted by molar-refractivity contribution is 5.94. The van der Waals surface area contributed by atoms with E-state index in [-0.39, 0.29) is 18.0 Å². The van der Waals surface area contributed by atoms with Crippen molar-refractivity contribution in [2.75, 3.05) is 45.9 Å². The smallest absolute Gasteiger partial charge is 0.312 e. The van der Waals surface area contributed by atoms with Gasteiger partial charge in [-0.25, -0.2) is 0 Å². The number of hydrogen-bond acceptors (Lipinski definition) is 6. The Labute approximate surface area is 146 Å². The first-order valence-electron chi connectivity index (χ1n) is 8.99. The van der Waals surface area contributed by atoms with Crippen molar-refractivity contribution in [1.29, 1.82) is 0 Å². The minimum absolute atomic E-state index is 0.0279. The van der Waals surface area contributed by atoms with Gasteiger partial charge in [-0.1, -0.05) is 0 Å². The number of carbonyl (C=O) groups is 2. The maximum Gasteiger partial charge on any atom is 0.312 e. The molecule has 0 saturated carbocycles. The molecule has 1 spiro atoms. The van der Waals surface area contributed by atoms with Crippen molar-refractivity contribution >= 4 is 11.9 Å². The van der Waals surface area contributed by atoms with E-state index >= 15 is 0 Å². The summed E-state index contributed by atoms with van der Waals surface area (Å²) >= 11 is 0. The van der Waals surface area contributed by atoms with E-state index in [0.717, 1.165) is 39.3 Å². The molecule has 0 N–H and O–H groups in total. The fourth-order valence-electron chi connectivity index (χ4n) is 4.13. The van der Waals surface area contributed by atoms with Gasteiger partial charge in [-0.05, 0) is 18.9 Å². The van der Waals surface area contributed by atoms with Gasteiger partial charge in [-0.15, -0.1) is 0 Å². The first-order chi connectivity index (χ1) is 12.2. The molecule has 1 unspecified atom stereocenters. The summed E-state index contributed by atoms with van der Waals surface area (Å²) in [6.07, 6.45) is 5.04. The normalized spacial score (nSPS) is 26.8. The zero-order valence-electron chi connectivity index (χ0n) is 14.3. The quantitative estimate of drug-likeness (QED) is 0.763. The summed E-state index contributed by atoms with van der Waals surface area (Å²) in [5, 5.41) is 0. The van der Waals surface area contributed by atoms with Crippen LogP contribution in [0.1, 0.15) is 29.6 Å². The molecule has 1 amide bonds. The topological polar surface area (TPSA) is 72.2 Å². The molecule has 1 atom stereocenters. The van der Waals surface area contributed by atoms with Gasteiger partial charge in [0.25, 0.3) is 5.91 Å². The van der Waals surface area contributed by atoms with Gasteiger partial charge in [0.1, 0.15) is 12.4 Å². The molecule has 7 nitrogen and oxygen atoms in total. The average Bonchev–Trinajstić information content (AvgIpc) is 3.26. The van der Waals surface area contributed by atoms with Gasteiger partial charge in [0.15, 0.2) is 0 Å². The van der Waals surface area contributed by atoms with E-state index in [1.54, 1.807) is 11.0 Å². The lowest BCUT2D eigenvalue weighted by Crippen LogP contribution is -2.45. The van der Waals surface area contributed by atoms with Crippen molar-refractivity contribution in [2.45, 2.75) is 25.4 Å². The lowest BCUT2D eigenvalue weighted by Gasteiger charge is -2.36. The number of amides is 1. The molecule has 0 aromatic carbocycles. The number of nitrogens with zero attached hydrogens (tertiary/aromatic N) is 2. The molecule has 3 fully saturated rings. The number of hydrogen-bond donors (Lipinski definition) is 0. The van der Waals surface area contributed by atoms with E-state index < -0.39 is 5.41 Å². The number of likely N-dealkylation sites (tertiary alicyclic amines) is 1. The number of rotatable bonds is 3. The zero-order valence-corrected chi connectivity index (χ0v) is 14.3. The van der Waals surface area contributed by atoms with Crippen LogP contribution in [0.3, 0.4) is 0 Å². The van der Waals surface area contributed by atoms with Crippen LogP contribution in [0.25, 0.3) is 0 Å². The molecule has 136 valence electrons. The number of carbonyl (C=O) groups excluding carboxylic acids is 2. The molecular weight excluding hydrogens is 324 g/mol. The Morgan fingerprint density at radius 1 is 1.20 bits per heavy atom. The highest BCUT2D eigenvalue weighted by Crippen LogP contribution is 2.43. The summed E-state index contributed by atoms with van der Waals surface area (Å²) < 4.78 is 16.0. The zero-order chi connectivity index (χ0) is 17.3. The van der Waals surface area contributed by atoms with Gasteiger partial charge in [0, 0.05) is 39.1 Å². The Morgan fingerprint density at radius 3 is 2.64 bits per heavy atom. The van der Waals surface area contributed by atoms with Gasteiger partial charge < -0.3 is 18.8 Å². The van der Waals surface area contributed by atoms with Crippen molar-refractivity contribution in [3.05, 3.63) is 24.2 Å². The van der Waals surface area contributed by atoms with E-state index in [4.69, 9.17) is 13.9 Å². The van der Waals surface area contributed by atoms with E-state index in [1.807, 2.05) is 0 Å². The molecular formula is C18H24N2O5. The van der Waals surface area contributed by atoms with Crippen molar-refractivity contribution in [3.63, 3.8) is 0 Å². The van der Waals surface area contributed by atoms with Crippen LogP contribution in [0, 0.1) is 5.41 Å². The highest BCUT2D eigenvalue weighted by Gasteiger charge is 2.51. The maximum absolute atomic E-state index is 12.5. The van der Waals surface area contributed by atoms with E-state index in [9.17, 15) is 9.59 Å². The standard InChI is InChI=1S/C18H24N2O5/c21-16(14-1-8-24-13-14)20-4-2-18(3-5-20)11-15(25-17(18)22)12-19-6-9-23-10-7-19/h1,8,13,15H,2-7,9-12H2. The fourth-order valence-corrected chi connectivity index (χ4v) is 4.13. The Morgan fingerprint density at radius 2 is 1.96 bits per heavy atom. The second kappa shape index (κ2) is 6.80. The summed E-state index contributed by atoms with van der Waals surface area (Å²) in [5.74, 6) is -0.110. The Balaban J connectivity index is 1.34. The highest BCUT2D eigenvalue weighted by atomic mass is 16.6. The third kappa shape index (κ3) is 3.30.